The van der Waals surface area contributed by atoms with Crippen LogP contribution in [-0.2, 0) is 11.2 Å². The summed E-state index contributed by atoms with van der Waals surface area (Å²) in [5, 5.41) is 17.9. The second kappa shape index (κ2) is 15.1. The van der Waals surface area contributed by atoms with Gasteiger partial charge in [-0.25, -0.2) is 4.79 Å². The monoisotopic (exact) mass is 520 g/mol. The normalized spacial score (nSPS) is 12.5. The summed E-state index contributed by atoms with van der Waals surface area (Å²) in [7, 11) is 0. The van der Waals surface area contributed by atoms with E-state index in [2.05, 4.69) is 44.2 Å². The fourth-order valence-electron chi connectivity index (χ4n) is 4.02. The van der Waals surface area contributed by atoms with E-state index < -0.39 is 5.97 Å². The zero-order valence-corrected chi connectivity index (χ0v) is 22.7. The molecule has 0 spiro atoms. The quantitative estimate of drug-likeness (QED) is 0.218. The lowest BCUT2D eigenvalue weighted by molar-refractivity contribution is -0.131. The van der Waals surface area contributed by atoms with Crippen LogP contribution in [0.3, 0.4) is 0 Å². The summed E-state index contributed by atoms with van der Waals surface area (Å²) in [6.07, 6.45) is 7.25. The summed E-state index contributed by atoms with van der Waals surface area (Å²) >= 11 is 0. The number of carboxylic acids is 1. The predicted molar refractivity (Wildman–Crippen MR) is 160 cm³/mol. The highest BCUT2D eigenvalue weighted by Crippen LogP contribution is 2.30. The number of aliphatic carboxylic acids is 1. The molecule has 4 aromatic carbocycles. The maximum Gasteiger partial charge on any atom is 0.328 e. The van der Waals surface area contributed by atoms with E-state index in [1.54, 1.807) is 13.0 Å². The third-order valence-corrected chi connectivity index (χ3v) is 6.18. The molecule has 0 aliphatic rings. The summed E-state index contributed by atoms with van der Waals surface area (Å²) in [6, 6.07) is 33.7. The van der Waals surface area contributed by atoms with Gasteiger partial charge in [-0.05, 0) is 61.1 Å². The molecule has 39 heavy (non-hydrogen) atoms. The number of benzene rings is 4. The zero-order valence-electron chi connectivity index (χ0n) is 22.7. The lowest BCUT2D eigenvalue weighted by atomic mass is 10.0. The summed E-state index contributed by atoms with van der Waals surface area (Å²) in [4.78, 5) is 10.8. The van der Waals surface area contributed by atoms with Crippen LogP contribution in [-0.4, -0.2) is 16.2 Å². The van der Waals surface area contributed by atoms with Crippen molar-refractivity contribution < 1.29 is 19.7 Å². The predicted octanol–water partition coefficient (Wildman–Crippen LogP) is 8.23. The largest absolute Gasteiger partial charge is 0.485 e. The van der Waals surface area contributed by atoms with Gasteiger partial charge in [0.05, 0.1) is 6.10 Å². The molecule has 0 heterocycles. The maximum absolute atomic E-state index is 10.8. The zero-order chi connectivity index (χ0) is 28.0. The van der Waals surface area contributed by atoms with Crippen molar-refractivity contribution in [1.82, 2.24) is 0 Å². The van der Waals surface area contributed by atoms with Crippen molar-refractivity contribution >= 4 is 18.1 Å². The number of para-hydroxylation sites is 1. The standard InChI is InChI=1S/C27H26O3.C8H10O/c1-20-10-8-16-25(27(20)30-21(2)22-11-4-3-5-12-22)17-9-15-23-13-6-7-14-24(23)18-19-26(28)29;1-7(9)8-5-3-2-4-6-8/h3-14,16-19,21H,15H2,1-2H3,(H,28,29);2-7,9H,1H3/b17-9+,19-18+;. The van der Waals surface area contributed by atoms with Gasteiger partial charge in [-0.2, -0.15) is 0 Å². The highest BCUT2D eigenvalue weighted by Gasteiger charge is 2.11. The first kappa shape index (κ1) is 29.2. The molecule has 0 fully saturated rings. The number of rotatable bonds is 9. The molecule has 2 N–H and O–H groups in total. The summed E-state index contributed by atoms with van der Waals surface area (Å²) in [6.45, 7) is 5.87. The third kappa shape index (κ3) is 9.44. The minimum Gasteiger partial charge on any atom is -0.485 e. The van der Waals surface area contributed by atoms with Gasteiger partial charge in [0.25, 0.3) is 0 Å². The number of allylic oxidation sites excluding steroid dienone is 1. The van der Waals surface area contributed by atoms with Crippen LogP contribution in [0.5, 0.6) is 5.75 Å². The Kier molecular flexibility index (Phi) is 11.3. The molecule has 0 amide bonds. The molecule has 4 aromatic rings. The molecule has 0 aliphatic heterocycles. The van der Waals surface area contributed by atoms with Crippen LogP contribution in [0, 0.1) is 6.92 Å². The Labute approximate surface area is 231 Å². The molecule has 0 saturated carbocycles. The molecule has 2 atom stereocenters. The molecule has 2 unspecified atom stereocenters. The first-order valence-corrected chi connectivity index (χ1v) is 13.0. The molecule has 4 nitrogen and oxygen atoms in total. The van der Waals surface area contributed by atoms with Crippen molar-refractivity contribution in [2.45, 2.75) is 39.4 Å². The molecule has 0 aromatic heterocycles. The average Bonchev–Trinajstić information content (AvgIpc) is 2.95. The number of carboxylic acid groups (broad SMARTS) is 1. The minimum absolute atomic E-state index is 0.0543. The number of hydrogen-bond donors (Lipinski definition) is 2. The maximum atomic E-state index is 10.8. The molecule has 0 saturated heterocycles. The van der Waals surface area contributed by atoms with E-state index in [1.807, 2.05) is 84.9 Å². The Bertz CT molecular complexity index is 1370. The van der Waals surface area contributed by atoms with Crippen LogP contribution in [0.15, 0.2) is 115 Å². The van der Waals surface area contributed by atoms with Gasteiger partial charge in [-0.15, -0.1) is 0 Å². The molecule has 4 heteroatoms. The lowest BCUT2D eigenvalue weighted by Crippen LogP contribution is -2.05. The van der Waals surface area contributed by atoms with Crippen molar-refractivity contribution in [3.8, 4) is 5.75 Å². The topological polar surface area (TPSA) is 66.8 Å². The summed E-state index contributed by atoms with van der Waals surface area (Å²) in [5.41, 5.74) is 6.19. The fraction of sp³-hybridized carbons (Fsp3) is 0.171. The minimum atomic E-state index is -0.950. The number of aliphatic hydroxyl groups is 1. The van der Waals surface area contributed by atoms with E-state index in [4.69, 9.17) is 14.9 Å². The summed E-state index contributed by atoms with van der Waals surface area (Å²) in [5.74, 6) is -0.0707. The molecular weight excluding hydrogens is 484 g/mol. The van der Waals surface area contributed by atoms with Crippen LogP contribution in [0.25, 0.3) is 12.2 Å². The summed E-state index contributed by atoms with van der Waals surface area (Å²) < 4.78 is 6.33. The Balaban J connectivity index is 0.000000395. The first-order chi connectivity index (χ1) is 18.8. The molecule has 200 valence electrons. The Morgan fingerprint density at radius 1 is 0.769 bits per heavy atom. The first-order valence-electron chi connectivity index (χ1n) is 13.0. The van der Waals surface area contributed by atoms with Gasteiger partial charge in [0.2, 0.25) is 0 Å². The number of aryl methyl sites for hydroxylation is 1. The van der Waals surface area contributed by atoms with Crippen LogP contribution in [0.4, 0.5) is 0 Å². The molecule has 0 bridgehead atoms. The number of aliphatic hydroxyl groups excluding tert-OH is 1. The van der Waals surface area contributed by atoms with Gasteiger partial charge < -0.3 is 14.9 Å². The van der Waals surface area contributed by atoms with E-state index in [1.165, 1.54) is 6.08 Å². The van der Waals surface area contributed by atoms with E-state index in [-0.39, 0.29) is 12.2 Å². The van der Waals surface area contributed by atoms with Gasteiger partial charge in [0.1, 0.15) is 11.9 Å². The SMILES string of the molecule is CC(O)c1ccccc1.Cc1cccc(/C=C/Cc2ccccc2/C=C/C(=O)O)c1OC(C)c1ccccc1. The van der Waals surface area contributed by atoms with Gasteiger partial charge in [-0.1, -0.05) is 115 Å². The van der Waals surface area contributed by atoms with Crippen LogP contribution in [0.2, 0.25) is 0 Å². The fourth-order valence-corrected chi connectivity index (χ4v) is 4.02. The van der Waals surface area contributed by atoms with Crippen LogP contribution in [0.1, 0.15) is 59.4 Å². The molecule has 4 rings (SSSR count). The van der Waals surface area contributed by atoms with E-state index in [0.717, 1.165) is 39.1 Å². The highest BCUT2D eigenvalue weighted by molar-refractivity contribution is 5.85. The van der Waals surface area contributed by atoms with Crippen LogP contribution >= 0.6 is 0 Å². The third-order valence-electron chi connectivity index (χ3n) is 6.18. The van der Waals surface area contributed by atoms with Gasteiger partial charge in [0, 0.05) is 11.6 Å². The average molecular weight is 521 g/mol. The second-order valence-corrected chi connectivity index (χ2v) is 9.23. The Hall–Kier alpha value is -4.41. The van der Waals surface area contributed by atoms with E-state index >= 15 is 0 Å². The van der Waals surface area contributed by atoms with Gasteiger partial charge in [-0.3, -0.25) is 0 Å². The number of hydrogen-bond acceptors (Lipinski definition) is 3. The molecule has 0 aliphatic carbocycles. The Morgan fingerprint density at radius 3 is 1.97 bits per heavy atom. The number of carbonyl (C=O) groups is 1. The smallest absolute Gasteiger partial charge is 0.328 e. The highest BCUT2D eigenvalue weighted by atomic mass is 16.5. The van der Waals surface area contributed by atoms with Gasteiger partial charge in [0.15, 0.2) is 0 Å². The Morgan fingerprint density at radius 2 is 1.36 bits per heavy atom. The van der Waals surface area contributed by atoms with Crippen molar-refractivity contribution in [3.05, 3.63) is 149 Å². The lowest BCUT2D eigenvalue weighted by Gasteiger charge is -2.18. The van der Waals surface area contributed by atoms with Crippen LogP contribution < -0.4 is 4.74 Å². The van der Waals surface area contributed by atoms with E-state index in [0.29, 0.717) is 6.42 Å². The van der Waals surface area contributed by atoms with Crippen molar-refractivity contribution in [2.75, 3.05) is 0 Å². The molecular formula is C35H36O4. The van der Waals surface area contributed by atoms with E-state index in [9.17, 15) is 4.79 Å². The number of ether oxygens (including phenoxy) is 1. The van der Waals surface area contributed by atoms with Gasteiger partial charge >= 0.3 is 5.97 Å². The van der Waals surface area contributed by atoms with Crippen molar-refractivity contribution in [2.24, 2.45) is 0 Å². The second-order valence-electron chi connectivity index (χ2n) is 9.23. The van der Waals surface area contributed by atoms with Crippen molar-refractivity contribution in [1.29, 1.82) is 0 Å². The van der Waals surface area contributed by atoms with Crippen molar-refractivity contribution in [3.63, 3.8) is 0 Å². The molecule has 0 radical (unpaired) electrons.